The van der Waals surface area contributed by atoms with Crippen molar-refractivity contribution in [3.63, 3.8) is 0 Å². The van der Waals surface area contributed by atoms with Gasteiger partial charge in [-0.25, -0.2) is 4.98 Å². The van der Waals surface area contributed by atoms with Crippen molar-refractivity contribution in [2.75, 3.05) is 5.32 Å². The number of hydrogen-bond donors (Lipinski definition) is 2. The van der Waals surface area contributed by atoms with Crippen LogP contribution in [0.25, 0.3) is 10.9 Å². The van der Waals surface area contributed by atoms with Gasteiger partial charge in [-0.2, -0.15) is 10.1 Å². The van der Waals surface area contributed by atoms with Crippen molar-refractivity contribution in [3.8, 4) is 0 Å². The molecule has 1 aromatic carbocycles. The maximum atomic E-state index is 6.01. The van der Waals surface area contributed by atoms with Crippen molar-refractivity contribution in [3.05, 3.63) is 41.3 Å². The molecule has 3 aromatic rings. The van der Waals surface area contributed by atoms with Crippen molar-refractivity contribution < 1.29 is 0 Å². The van der Waals surface area contributed by atoms with Crippen LogP contribution in [0.3, 0.4) is 0 Å². The van der Waals surface area contributed by atoms with Gasteiger partial charge in [0.25, 0.3) is 0 Å². The zero-order valence-electron chi connectivity index (χ0n) is 12.0. The van der Waals surface area contributed by atoms with Crippen molar-refractivity contribution in [1.82, 2.24) is 20.2 Å². The number of aromatic nitrogens is 4. The van der Waals surface area contributed by atoms with Crippen LogP contribution < -0.4 is 5.32 Å². The molecule has 1 aliphatic rings. The fourth-order valence-electron chi connectivity index (χ4n) is 3.10. The molecule has 0 bridgehead atoms. The first-order valence-corrected chi connectivity index (χ1v) is 7.92. The lowest BCUT2D eigenvalue weighted by molar-refractivity contribution is 0.693. The minimum Gasteiger partial charge on any atom is -0.325 e. The van der Waals surface area contributed by atoms with Crippen molar-refractivity contribution >= 4 is 34.1 Å². The fourth-order valence-corrected chi connectivity index (χ4v) is 3.28. The molecule has 1 saturated carbocycles. The van der Waals surface area contributed by atoms with Gasteiger partial charge in [0.15, 0.2) is 0 Å². The number of anilines is 2. The molecule has 1 fully saturated rings. The Bertz CT molecular complexity index is 807. The standard InChI is InChI=1S/C16H16ClN5/c17-16-18-12-8-4-3-7-11(12)15(20-16)19-14-9-13(21-22-14)10-5-1-2-6-10/h3-4,7-10H,1-2,5-6H2,(H2,18,19,20,21,22). The molecule has 1 aliphatic carbocycles. The van der Waals surface area contributed by atoms with E-state index in [0.717, 1.165) is 22.4 Å². The Balaban J connectivity index is 1.66. The van der Waals surface area contributed by atoms with E-state index in [1.54, 1.807) is 0 Å². The van der Waals surface area contributed by atoms with Crippen LogP contribution in [0, 0.1) is 0 Å². The van der Waals surface area contributed by atoms with E-state index < -0.39 is 0 Å². The van der Waals surface area contributed by atoms with Crippen LogP contribution >= 0.6 is 11.6 Å². The lowest BCUT2D eigenvalue weighted by Gasteiger charge is -2.07. The Morgan fingerprint density at radius 2 is 1.95 bits per heavy atom. The average Bonchev–Trinajstić information content (AvgIpc) is 3.17. The van der Waals surface area contributed by atoms with Gasteiger partial charge in [-0.05, 0) is 36.6 Å². The first-order chi connectivity index (χ1) is 10.8. The molecule has 112 valence electrons. The zero-order valence-corrected chi connectivity index (χ0v) is 12.8. The number of hydrogen-bond acceptors (Lipinski definition) is 4. The zero-order chi connectivity index (χ0) is 14.9. The van der Waals surface area contributed by atoms with E-state index in [-0.39, 0.29) is 5.28 Å². The number of fused-ring (bicyclic) bond motifs is 1. The third kappa shape index (κ3) is 2.52. The summed E-state index contributed by atoms with van der Waals surface area (Å²) in [6.45, 7) is 0. The molecule has 22 heavy (non-hydrogen) atoms. The summed E-state index contributed by atoms with van der Waals surface area (Å²) in [5, 5.41) is 11.9. The van der Waals surface area contributed by atoms with Gasteiger partial charge in [-0.3, -0.25) is 5.10 Å². The fraction of sp³-hybridized carbons (Fsp3) is 0.312. The third-order valence-corrected chi connectivity index (χ3v) is 4.37. The lowest BCUT2D eigenvalue weighted by atomic mass is 10.0. The number of rotatable bonds is 3. The summed E-state index contributed by atoms with van der Waals surface area (Å²) >= 11 is 6.01. The number of aromatic amines is 1. The molecular formula is C16H16ClN5. The highest BCUT2D eigenvalue weighted by Crippen LogP contribution is 2.34. The molecule has 0 unspecified atom stereocenters. The minimum atomic E-state index is 0.233. The van der Waals surface area contributed by atoms with Gasteiger partial charge in [0.1, 0.15) is 11.6 Å². The Hall–Kier alpha value is -2.14. The van der Waals surface area contributed by atoms with E-state index in [1.807, 2.05) is 24.3 Å². The van der Waals surface area contributed by atoms with Gasteiger partial charge in [0.05, 0.1) is 11.2 Å². The van der Waals surface area contributed by atoms with Crippen LogP contribution in [0.1, 0.15) is 37.3 Å². The van der Waals surface area contributed by atoms with Gasteiger partial charge in [-0.15, -0.1) is 0 Å². The number of benzene rings is 1. The minimum absolute atomic E-state index is 0.233. The van der Waals surface area contributed by atoms with Crippen LogP contribution in [0.15, 0.2) is 30.3 Å². The van der Waals surface area contributed by atoms with E-state index in [9.17, 15) is 0 Å². The smallest absolute Gasteiger partial charge is 0.224 e. The van der Waals surface area contributed by atoms with E-state index in [0.29, 0.717) is 11.7 Å². The molecular weight excluding hydrogens is 298 g/mol. The molecule has 0 spiro atoms. The second-order valence-electron chi connectivity index (χ2n) is 5.67. The third-order valence-electron chi connectivity index (χ3n) is 4.20. The summed E-state index contributed by atoms with van der Waals surface area (Å²) in [4.78, 5) is 8.53. The van der Waals surface area contributed by atoms with Crippen LogP contribution in [0.4, 0.5) is 11.6 Å². The summed E-state index contributed by atoms with van der Waals surface area (Å²) in [5.74, 6) is 2.11. The second-order valence-corrected chi connectivity index (χ2v) is 6.01. The molecule has 0 aliphatic heterocycles. The maximum absolute atomic E-state index is 6.01. The van der Waals surface area contributed by atoms with Gasteiger partial charge in [0.2, 0.25) is 5.28 Å². The SMILES string of the molecule is Clc1nc(Nc2cc(C3CCCC3)n[nH]2)c2ccccc2n1. The summed E-state index contributed by atoms with van der Waals surface area (Å²) in [5.41, 5.74) is 1.95. The highest BCUT2D eigenvalue weighted by Gasteiger charge is 2.20. The van der Waals surface area contributed by atoms with Crippen LogP contribution in [-0.4, -0.2) is 20.2 Å². The van der Waals surface area contributed by atoms with Crippen molar-refractivity contribution in [2.45, 2.75) is 31.6 Å². The largest absolute Gasteiger partial charge is 0.325 e. The summed E-state index contributed by atoms with van der Waals surface area (Å²) < 4.78 is 0. The normalized spacial score (nSPS) is 15.5. The molecule has 4 rings (SSSR count). The molecule has 0 saturated heterocycles. The molecule has 2 N–H and O–H groups in total. The Kier molecular flexibility index (Phi) is 3.42. The quantitative estimate of drug-likeness (QED) is 0.703. The number of nitrogens with zero attached hydrogens (tertiary/aromatic N) is 3. The van der Waals surface area contributed by atoms with E-state index in [2.05, 4.69) is 31.5 Å². The van der Waals surface area contributed by atoms with Crippen molar-refractivity contribution in [2.24, 2.45) is 0 Å². The predicted octanol–water partition coefficient (Wildman–Crippen LogP) is 4.41. The van der Waals surface area contributed by atoms with Crippen molar-refractivity contribution in [1.29, 1.82) is 0 Å². The van der Waals surface area contributed by atoms with Gasteiger partial charge < -0.3 is 5.32 Å². The molecule has 5 nitrogen and oxygen atoms in total. The summed E-state index contributed by atoms with van der Waals surface area (Å²) in [6.07, 6.45) is 5.05. The maximum Gasteiger partial charge on any atom is 0.224 e. The Morgan fingerprint density at radius 3 is 2.82 bits per heavy atom. The molecule has 6 heteroatoms. The van der Waals surface area contributed by atoms with E-state index >= 15 is 0 Å². The van der Waals surface area contributed by atoms with E-state index in [1.165, 1.54) is 25.7 Å². The lowest BCUT2D eigenvalue weighted by Crippen LogP contribution is -1.97. The van der Waals surface area contributed by atoms with Gasteiger partial charge >= 0.3 is 0 Å². The van der Waals surface area contributed by atoms with Crippen LogP contribution in [-0.2, 0) is 0 Å². The van der Waals surface area contributed by atoms with Crippen LogP contribution in [0.5, 0.6) is 0 Å². The average molecular weight is 314 g/mol. The van der Waals surface area contributed by atoms with Gasteiger partial charge in [-0.1, -0.05) is 25.0 Å². The van der Waals surface area contributed by atoms with E-state index in [4.69, 9.17) is 11.6 Å². The molecule has 0 radical (unpaired) electrons. The molecule has 0 atom stereocenters. The Labute approximate surface area is 133 Å². The number of para-hydroxylation sites is 1. The monoisotopic (exact) mass is 313 g/mol. The van der Waals surface area contributed by atoms with Crippen LogP contribution in [0.2, 0.25) is 5.28 Å². The topological polar surface area (TPSA) is 66.5 Å². The predicted molar refractivity (Wildman–Crippen MR) is 87.6 cm³/mol. The molecule has 0 amide bonds. The first kappa shape index (κ1) is 13.5. The summed E-state index contributed by atoms with van der Waals surface area (Å²) in [6, 6.07) is 9.86. The molecule has 2 aromatic heterocycles. The number of halogens is 1. The number of H-pyrrole nitrogens is 1. The number of nitrogens with one attached hydrogen (secondary N) is 2. The molecule has 2 heterocycles. The van der Waals surface area contributed by atoms with Gasteiger partial charge in [0, 0.05) is 17.4 Å². The summed E-state index contributed by atoms with van der Waals surface area (Å²) in [7, 11) is 0. The highest BCUT2D eigenvalue weighted by molar-refractivity contribution is 6.28. The Morgan fingerprint density at radius 1 is 1.14 bits per heavy atom. The second kappa shape index (κ2) is 5.57. The first-order valence-electron chi connectivity index (χ1n) is 7.54. The highest BCUT2D eigenvalue weighted by atomic mass is 35.5.